The highest BCUT2D eigenvalue weighted by atomic mass is 79.9. The number of nitrogens with two attached hydrogens (primary N) is 1. The van der Waals surface area contributed by atoms with Gasteiger partial charge in [-0.15, -0.1) is 0 Å². The van der Waals surface area contributed by atoms with Crippen LogP contribution in [0.3, 0.4) is 0 Å². The summed E-state index contributed by atoms with van der Waals surface area (Å²) >= 11 is 3.31. The number of hydrogen-bond donors (Lipinski definition) is 1. The number of halogens is 1. The molecule has 1 aromatic rings. The molecule has 0 radical (unpaired) electrons. The van der Waals surface area contributed by atoms with Gasteiger partial charge in [-0.05, 0) is 28.9 Å². The third kappa shape index (κ3) is 1.34. The minimum atomic E-state index is 0.465. The molecular formula is C6H8BrNO. The predicted molar refractivity (Wildman–Crippen MR) is 39.0 cm³/mol. The fourth-order valence-electron chi connectivity index (χ4n) is 0.618. The Kier molecular flexibility index (Phi) is 1.93. The Hall–Kier alpha value is -0.280. The van der Waals surface area contributed by atoms with E-state index >= 15 is 0 Å². The van der Waals surface area contributed by atoms with Crippen molar-refractivity contribution in [3.05, 3.63) is 22.1 Å². The second kappa shape index (κ2) is 2.54. The minimum absolute atomic E-state index is 0.465. The molecule has 0 fully saturated rings. The Bertz CT molecular complexity index is 187. The van der Waals surface area contributed by atoms with E-state index in [2.05, 4.69) is 15.9 Å². The second-order valence-electron chi connectivity index (χ2n) is 1.82. The smallest absolute Gasteiger partial charge is 0.118 e. The number of furan rings is 1. The zero-order valence-corrected chi connectivity index (χ0v) is 6.73. The fraction of sp³-hybridized carbons (Fsp3) is 0.333. The molecule has 2 nitrogen and oxygen atoms in total. The van der Waals surface area contributed by atoms with Crippen LogP contribution in [0.25, 0.3) is 0 Å². The quantitative estimate of drug-likeness (QED) is 0.733. The topological polar surface area (TPSA) is 39.2 Å². The average molecular weight is 190 g/mol. The molecule has 9 heavy (non-hydrogen) atoms. The van der Waals surface area contributed by atoms with Crippen LogP contribution < -0.4 is 5.73 Å². The molecule has 0 saturated heterocycles. The lowest BCUT2D eigenvalue weighted by Crippen LogP contribution is -1.92. The lowest BCUT2D eigenvalue weighted by molar-refractivity contribution is 0.484. The Balaban J connectivity index is 2.98. The first-order valence-corrected chi connectivity index (χ1v) is 3.48. The van der Waals surface area contributed by atoms with Crippen LogP contribution in [0, 0.1) is 6.92 Å². The summed E-state index contributed by atoms with van der Waals surface area (Å²) in [6.07, 6.45) is 0. The zero-order valence-electron chi connectivity index (χ0n) is 5.15. The van der Waals surface area contributed by atoms with E-state index in [4.69, 9.17) is 10.2 Å². The average Bonchev–Trinajstić information content (AvgIpc) is 2.13. The van der Waals surface area contributed by atoms with Crippen molar-refractivity contribution in [2.24, 2.45) is 5.73 Å². The van der Waals surface area contributed by atoms with Crippen LogP contribution in [-0.2, 0) is 6.54 Å². The molecule has 0 aromatic carbocycles. The summed E-state index contributed by atoms with van der Waals surface area (Å²) in [4.78, 5) is 0. The van der Waals surface area contributed by atoms with Crippen molar-refractivity contribution in [3.8, 4) is 0 Å². The first kappa shape index (κ1) is 6.83. The lowest BCUT2D eigenvalue weighted by atomic mass is 10.4. The third-order valence-corrected chi connectivity index (χ3v) is 1.90. The first-order chi connectivity index (χ1) is 4.24. The van der Waals surface area contributed by atoms with Crippen molar-refractivity contribution in [1.29, 1.82) is 0 Å². The summed E-state index contributed by atoms with van der Waals surface area (Å²) in [5.41, 5.74) is 5.32. The molecule has 3 heteroatoms. The highest BCUT2D eigenvalue weighted by molar-refractivity contribution is 9.10. The van der Waals surface area contributed by atoms with Crippen LogP contribution in [0.1, 0.15) is 11.5 Å². The standard InChI is InChI=1S/C6H8BrNO/c1-4-6(7)2-5(3-8)9-4/h2H,3,8H2,1H3. The van der Waals surface area contributed by atoms with E-state index in [1.54, 1.807) is 0 Å². The first-order valence-electron chi connectivity index (χ1n) is 2.69. The van der Waals surface area contributed by atoms with Gasteiger partial charge in [0.05, 0.1) is 11.0 Å². The van der Waals surface area contributed by atoms with E-state index in [-0.39, 0.29) is 0 Å². The second-order valence-corrected chi connectivity index (χ2v) is 2.68. The molecule has 0 spiro atoms. The molecule has 50 valence electrons. The maximum Gasteiger partial charge on any atom is 0.118 e. The molecule has 1 rings (SSSR count). The molecule has 2 N–H and O–H groups in total. The lowest BCUT2D eigenvalue weighted by Gasteiger charge is -1.83. The van der Waals surface area contributed by atoms with E-state index in [0.29, 0.717) is 6.54 Å². The zero-order chi connectivity index (χ0) is 6.85. The van der Waals surface area contributed by atoms with Crippen molar-refractivity contribution < 1.29 is 4.42 Å². The highest BCUT2D eigenvalue weighted by Gasteiger charge is 2.00. The fourth-order valence-corrected chi connectivity index (χ4v) is 0.955. The molecule has 0 aliphatic carbocycles. The van der Waals surface area contributed by atoms with Crippen molar-refractivity contribution in [3.63, 3.8) is 0 Å². The normalized spacial score (nSPS) is 10.1. The Morgan fingerprint density at radius 2 is 2.44 bits per heavy atom. The monoisotopic (exact) mass is 189 g/mol. The molecule has 0 aliphatic heterocycles. The third-order valence-electron chi connectivity index (χ3n) is 1.11. The van der Waals surface area contributed by atoms with Gasteiger partial charge in [0.1, 0.15) is 11.5 Å². The van der Waals surface area contributed by atoms with Gasteiger partial charge in [0.25, 0.3) is 0 Å². The summed E-state index contributed by atoms with van der Waals surface area (Å²) in [5, 5.41) is 0. The van der Waals surface area contributed by atoms with Crippen molar-refractivity contribution in [1.82, 2.24) is 0 Å². The molecule has 0 amide bonds. The number of hydrogen-bond acceptors (Lipinski definition) is 2. The molecule has 0 bridgehead atoms. The largest absolute Gasteiger partial charge is 0.464 e. The molecule has 0 unspecified atom stereocenters. The van der Waals surface area contributed by atoms with Crippen molar-refractivity contribution in [2.75, 3.05) is 0 Å². The molecule has 0 aliphatic rings. The van der Waals surface area contributed by atoms with Crippen LogP contribution in [0.5, 0.6) is 0 Å². The Morgan fingerprint density at radius 1 is 1.78 bits per heavy atom. The van der Waals surface area contributed by atoms with E-state index in [1.807, 2.05) is 13.0 Å². The molecule has 0 atom stereocenters. The van der Waals surface area contributed by atoms with E-state index in [9.17, 15) is 0 Å². The summed E-state index contributed by atoms with van der Waals surface area (Å²) in [5.74, 6) is 1.70. The van der Waals surface area contributed by atoms with Gasteiger partial charge in [0, 0.05) is 0 Å². The van der Waals surface area contributed by atoms with Gasteiger partial charge in [-0.1, -0.05) is 0 Å². The van der Waals surface area contributed by atoms with Gasteiger partial charge in [-0.2, -0.15) is 0 Å². The predicted octanol–water partition coefficient (Wildman–Crippen LogP) is 1.81. The van der Waals surface area contributed by atoms with Crippen LogP contribution in [0.4, 0.5) is 0 Å². The SMILES string of the molecule is Cc1oc(CN)cc1Br. The summed E-state index contributed by atoms with van der Waals surface area (Å²) in [6.45, 7) is 2.36. The Morgan fingerprint density at radius 3 is 2.67 bits per heavy atom. The summed E-state index contributed by atoms with van der Waals surface area (Å²) in [6, 6.07) is 1.88. The van der Waals surface area contributed by atoms with Crippen LogP contribution in [0.15, 0.2) is 15.0 Å². The maximum absolute atomic E-state index is 5.32. The van der Waals surface area contributed by atoms with E-state index in [0.717, 1.165) is 16.0 Å². The van der Waals surface area contributed by atoms with E-state index < -0.39 is 0 Å². The maximum atomic E-state index is 5.32. The van der Waals surface area contributed by atoms with Crippen LogP contribution >= 0.6 is 15.9 Å². The minimum Gasteiger partial charge on any atom is -0.464 e. The van der Waals surface area contributed by atoms with Gasteiger partial charge in [0.2, 0.25) is 0 Å². The van der Waals surface area contributed by atoms with Gasteiger partial charge in [-0.3, -0.25) is 0 Å². The Labute approximate surface area is 62.2 Å². The van der Waals surface area contributed by atoms with E-state index in [1.165, 1.54) is 0 Å². The molecular weight excluding hydrogens is 182 g/mol. The number of rotatable bonds is 1. The summed E-state index contributed by atoms with van der Waals surface area (Å²) < 4.78 is 6.18. The van der Waals surface area contributed by atoms with Gasteiger partial charge in [0.15, 0.2) is 0 Å². The summed E-state index contributed by atoms with van der Waals surface area (Å²) in [7, 11) is 0. The number of aryl methyl sites for hydroxylation is 1. The molecule has 1 heterocycles. The highest BCUT2D eigenvalue weighted by Crippen LogP contribution is 2.19. The molecule has 1 aromatic heterocycles. The van der Waals surface area contributed by atoms with Crippen LogP contribution in [-0.4, -0.2) is 0 Å². The van der Waals surface area contributed by atoms with Crippen molar-refractivity contribution in [2.45, 2.75) is 13.5 Å². The van der Waals surface area contributed by atoms with Crippen molar-refractivity contribution >= 4 is 15.9 Å². The van der Waals surface area contributed by atoms with Gasteiger partial charge in [-0.25, -0.2) is 0 Å². The van der Waals surface area contributed by atoms with Gasteiger partial charge < -0.3 is 10.2 Å². The van der Waals surface area contributed by atoms with Gasteiger partial charge >= 0.3 is 0 Å². The van der Waals surface area contributed by atoms with Crippen LogP contribution in [0.2, 0.25) is 0 Å². The molecule has 0 saturated carbocycles.